The van der Waals surface area contributed by atoms with Crippen LogP contribution < -0.4 is 10.6 Å². The van der Waals surface area contributed by atoms with Crippen molar-refractivity contribution >= 4 is 88.7 Å². The predicted octanol–water partition coefficient (Wildman–Crippen LogP) is 12.0. The molecule has 0 amide bonds. The summed E-state index contributed by atoms with van der Waals surface area (Å²) in [7, 11) is 0. The number of benzene rings is 7. The van der Waals surface area contributed by atoms with Crippen LogP contribution in [0.3, 0.4) is 0 Å². The van der Waals surface area contributed by atoms with Gasteiger partial charge < -0.3 is 18.0 Å². The standard InChI is InChI=1S/C49H32N2O2/c1-3-13-36-38-25-24-37-39-28-30(22-26-43(39)51(31-14-6-5-7-15-31)48(37)49(38)53-44(36)4-2)33-18-12-21-46-47(33)40-29-32(23-27-45(40)52-46)50-41-19-10-8-16-34(41)35-17-9-11-20-42(35)50/h3-29H,1H2,2H3/b36-13-,44-4+. The number of nitrogens with zero attached hydrogens (tertiary/aromatic N) is 2. The highest BCUT2D eigenvalue weighted by Crippen LogP contribution is 2.42. The van der Waals surface area contributed by atoms with Crippen LogP contribution in [0.15, 0.2) is 167 Å². The average Bonchev–Trinajstić information content (AvgIpc) is 3.95. The van der Waals surface area contributed by atoms with Crippen molar-refractivity contribution < 1.29 is 8.83 Å². The molecule has 4 heteroatoms. The van der Waals surface area contributed by atoms with Crippen molar-refractivity contribution in [3.63, 3.8) is 0 Å². The minimum Gasteiger partial charge on any atom is -0.456 e. The van der Waals surface area contributed by atoms with E-state index < -0.39 is 0 Å². The van der Waals surface area contributed by atoms with Crippen LogP contribution in [0, 0.1) is 0 Å². The Balaban J connectivity index is 1.18. The second-order valence-electron chi connectivity index (χ2n) is 13.6. The zero-order chi connectivity index (χ0) is 35.2. The van der Waals surface area contributed by atoms with Crippen LogP contribution in [0.2, 0.25) is 0 Å². The number of fused-ring (bicyclic) bond motifs is 11. The first-order chi connectivity index (χ1) is 26.2. The lowest BCUT2D eigenvalue weighted by molar-refractivity contribution is 0.577. The van der Waals surface area contributed by atoms with E-state index in [1.54, 1.807) is 0 Å². The summed E-state index contributed by atoms with van der Waals surface area (Å²) in [4.78, 5) is 0. The van der Waals surface area contributed by atoms with Gasteiger partial charge in [0.1, 0.15) is 16.6 Å². The monoisotopic (exact) mass is 680 g/mol. The number of allylic oxidation sites excluding steroid dienone is 1. The van der Waals surface area contributed by atoms with E-state index in [-0.39, 0.29) is 0 Å². The Bertz CT molecular complexity index is 3370. The summed E-state index contributed by atoms with van der Waals surface area (Å²) in [5.74, 6) is 0. The van der Waals surface area contributed by atoms with Crippen molar-refractivity contribution in [2.45, 2.75) is 6.92 Å². The number of para-hydroxylation sites is 3. The van der Waals surface area contributed by atoms with Gasteiger partial charge in [-0.25, -0.2) is 0 Å². The molecule has 0 radical (unpaired) electrons. The molecule has 0 saturated carbocycles. The lowest BCUT2D eigenvalue weighted by Gasteiger charge is -2.09. The second kappa shape index (κ2) is 11.2. The summed E-state index contributed by atoms with van der Waals surface area (Å²) in [6.07, 6.45) is 5.88. The highest BCUT2D eigenvalue weighted by molar-refractivity contribution is 6.19. The van der Waals surface area contributed by atoms with Crippen molar-refractivity contribution in [2.75, 3.05) is 0 Å². The third-order valence-electron chi connectivity index (χ3n) is 10.8. The Morgan fingerprint density at radius 3 is 2.04 bits per heavy atom. The lowest BCUT2D eigenvalue weighted by Crippen LogP contribution is -2.18. The molecule has 53 heavy (non-hydrogen) atoms. The van der Waals surface area contributed by atoms with Crippen molar-refractivity contribution in [2.24, 2.45) is 0 Å². The predicted molar refractivity (Wildman–Crippen MR) is 222 cm³/mol. The Hall–Kier alpha value is -7.04. The van der Waals surface area contributed by atoms with E-state index in [0.717, 1.165) is 87.8 Å². The normalized spacial score (nSPS) is 12.9. The molecule has 4 heterocycles. The fourth-order valence-electron chi connectivity index (χ4n) is 8.60. The summed E-state index contributed by atoms with van der Waals surface area (Å²) < 4.78 is 17.9. The molecule has 0 saturated heterocycles. The minimum atomic E-state index is 0.844. The maximum absolute atomic E-state index is 6.64. The second-order valence-corrected chi connectivity index (χ2v) is 13.6. The maximum Gasteiger partial charge on any atom is 0.160 e. The van der Waals surface area contributed by atoms with Crippen molar-refractivity contribution in [3.05, 3.63) is 169 Å². The van der Waals surface area contributed by atoms with E-state index in [4.69, 9.17) is 8.83 Å². The smallest absolute Gasteiger partial charge is 0.160 e. The van der Waals surface area contributed by atoms with E-state index >= 15 is 0 Å². The van der Waals surface area contributed by atoms with Crippen LogP contribution in [-0.2, 0) is 0 Å². The van der Waals surface area contributed by atoms with E-state index in [0.29, 0.717) is 0 Å². The van der Waals surface area contributed by atoms with Crippen LogP contribution in [0.1, 0.15) is 6.92 Å². The molecular formula is C49H32N2O2. The van der Waals surface area contributed by atoms with Crippen LogP contribution in [0.5, 0.6) is 0 Å². The zero-order valence-corrected chi connectivity index (χ0v) is 29.0. The van der Waals surface area contributed by atoms with E-state index in [9.17, 15) is 0 Å². The Kier molecular flexibility index (Phi) is 6.29. The Labute approximate surface area is 304 Å². The summed E-state index contributed by atoms with van der Waals surface area (Å²) >= 11 is 0. The first kappa shape index (κ1) is 29.7. The largest absolute Gasteiger partial charge is 0.456 e. The number of hydrogen-bond acceptors (Lipinski definition) is 2. The number of aromatic nitrogens is 2. The van der Waals surface area contributed by atoms with Gasteiger partial charge in [0.15, 0.2) is 5.58 Å². The molecule has 0 N–H and O–H groups in total. The van der Waals surface area contributed by atoms with Crippen LogP contribution in [0.25, 0.3) is 111 Å². The van der Waals surface area contributed by atoms with Gasteiger partial charge in [-0.2, -0.15) is 0 Å². The molecule has 250 valence electrons. The van der Waals surface area contributed by atoms with Gasteiger partial charge in [0.25, 0.3) is 0 Å². The van der Waals surface area contributed by atoms with Gasteiger partial charge in [0.05, 0.1) is 22.1 Å². The number of rotatable bonds is 4. The van der Waals surface area contributed by atoms with Crippen LogP contribution in [-0.4, -0.2) is 9.13 Å². The molecule has 0 bridgehead atoms. The van der Waals surface area contributed by atoms with Gasteiger partial charge in [-0.05, 0) is 90.9 Å². The van der Waals surface area contributed by atoms with Crippen molar-refractivity contribution in [3.8, 4) is 22.5 Å². The quantitative estimate of drug-likeness (QED) is 0.185. The van der Waals surface area contributed by atoms with Crippen molar-refractivity contribution in [1.82, 2.24) is 9.13 Å². The van der Waals surface area contributed by atoms with Gasteiger partial charge in [0, 0.05) is 54.3 Å². The van der Waals surface area contributed by atoms with Gasteiger partial charge in [-0.1, -0.05) is 97.6 Å². The van der Waals surface area contributed by atoms with E-state index in [2.05, 4.69) is 161 Å². The Morgan fingerprint density at radius 2 is 1.26 bits per heavy atom. The highest BCUT2D eigenvalue weighted by atomic mass is 16.3. The van der Waals surface area contributed by atoms with Crippen LogP contribution >= 0.6 is 0 Å². The average molecular weight is 681 g/mol. The fraction of sp³-hybridized carbons (Fsp3) is 0.0204. The van der Waals surface area contributed by atoms with E-state index in [1.165, 1.54) is 21.8 Å². The molecule has 4 nitrogen and oxygen atoms in total. The summed E-state index contributed by atoms with van der Waals surface area (Å²) in [6.45, 7) is 5.99. The van der Waals surface area contributed by atoms with Crippen molar-refractivity contribution in [1.29, 1.82) is 0 Å². The van der Waals surface area contributed by atoms with Gasteiger partial charge in [-0.3, -0.25) is 0 Å². The minimum absolute atomic E-state index is 0.844. The van der Waals surface area contributed by atoms with Gasteiger partial charge >= 0.3 is 0 Å². The molecule has 0 aliphatic rings. The third-order valence-corrected chi connectivity index (χ3v) is 10.8. The van der Waals surface area contributed by atoms with Crippen LogP contribution in [0.4, 0.5) is 0 Å². The molecule has 0 aliphatic carbocycles. The molecule has 0 unspecified atom stereocenters. The van der Waals surface area contributed by atoms with Gasteiger partial charge in [-0.15, -0.1) is 0 Å². The first-order valence-corrected chi connectivity index (χ1v) is 18.0. The maximum atomic E-state index is 6.64. The molecule has 11 aromatic rings. The summed E-state index contributed by atoms with van der Waals surface area (Å²) in [6, 6.07) is 52.0. The molecule has 11 rings (SSSR count). The fourth-order valence-corrected chi connectivity index (χ4v) is 8.60. The molecule has 0 atom stereocenters. The topological polar surface area (TPSA) is 36.1 Å². The molecule has 7 aromatic carbocycles. The highest BCUT2D eigenvalue weighted by Gasteiger charge is 2.21. The third kappa shape index (κ3) is 4.18. The molecule has 0 aliphatic heterocycles. The molecule has 0 spiro atoms. The lowest BCUT2D eigenvalue weighted by atomic mass is 9.97. The molecule has 0 fully saturated rings. The van der Waals surface area contributed by atoms with Gasteiger partial charge in [0.2, 0.25) is 0 Å². The number of hydrogen-bond donors (Lipinski definition) is 0. The summed E-state index contributed by atoms with van der Waals surface area (Å²) in [5.41, 5.74) is 12.4. The first-order valence-electron chi connectivity index (χ1n) is 18.0. The molecule has 4 aromatic heterocycles. The number of furan rings is 2. The SMILES string of the molecule is C=C/C=c1\c(=C/C)oc2c1ccc1c3cc(-c4cccc5oc6ccc(-n7c8ccccc8c8ccccc87)cc6c45)ccc3n(-c3ccccc3)c12. The summed E-state index contributed by atoms with van der Waals surface area (Å²) in [5, 5.41) is 9.10. The zero-order valence-electron chi connectivity index (χ0n) is 29.0. The molecular weight excluding hydrogens is 649 g/mol. The van der Waals surface area contributed by atoms with E-state index in [1.807, 2.05) is 25.2 Å². The Morgan fingerprint density at radius 1 is 0.528 bits per heavy atom.